The average Bonchev–Trinajstić information content (AvgIpc) is 3.43. The Kier molecular flexibility index (Phi) is 8.41. The number of ether oxygens (including phenoxy) is 3. The number of amides is 1. The molecule has 3 aliphatic heterocycles. The summed E-state index contributed by atoms with van der Waals surface area (Å²) in [7, 11) is 0. The van der Waals surface area contributed by atoms with Crippen LogP contribution in [0.15, 0.2) is 0 Å². The fraction of sp³-hybridized carbons (Fsp3) is 0.955. The van der Waals surface area contributed by atoms with Crippen molar-refractivity contribution < 1.29 is 39.4 Å². The highest BCUT2D eigenvalue weighted by atomic mass is 35.5. The number of fused-ring (bicyclic) bond motifs is 1. The highest BCUT2D eigenvalue weighted by molar-refractivity contribution is 7.99. The van der Waals surface area contributed by atoms with Crippen molar-refractivity contribution in [3.05, 3.63) is 0 Å². The molecule has 3 saturated heterocycles. The van der Waals surface area contributed by atoms with E-state index < -0.39 is 65.6 Å². The van der Waals surface area contributed by atoms with E-state index in [-0.39, 0.29) is 24.0 Å². The van der Waals surface area contributed by atoms with E-state index in [1.54, 1.807) is 13.2 Å². The van der Waals surface area contributed by atoms with Crippen molar-refractivity contribution in [2.45, 2.75) is 104 Å². The molecule has 0 bridgehead atoms. The van der Waals surface area contributed by atoms with Gasteiger partial charge >= 0.3 is 0 Å². The molecular formula is C22H37ClN2O8S. The lowest BCUT2D eigenvalue weighted by atomic mass is 9.92. The maximum atomic E-state index is 13.3. The monoisotopic (exact) mass is 524 g/mol. The minimum Gasteiger partial charge on any atom is -0.390 e. The topological polar surface area (TPSA) is 150 Å². The van der Waals surface area contributed by atoms with E-state index in [4.69, 9.17) is 25.8 Å². The molecule has 1 amide bonds. The van der Waals surface area contributed by atoms with Crippen molar-refractivity contribution in [2.24, 2.45) is 5.92 Å². The Labute approximate surface area is 209 Å². The molecule has 3 heterocycles. The molecule has 1 aliphatic carbocycles. The molecule has 12 heteroatoms. The number of nitrogens with one attached hydrogen (secondary N) is 2. The smallest absolute Gasteiger partial charge is 0.240 e. The summed E-state index contributed by atoms with van der Waals surface area (Å²) in [5, 5.41) is 47.1. The van der Waals surface area contributed by atoms with Gasteiger partial charge in [-0.2, -0.15) is 0 Å². The van der Waals surface area contributed by atoms with Crippen molar-refractivity contribution in [1.29, 1.82) is 0 Å². The number of carbonyl (C=O) groups is 1. The molecule has 34 heavy (non-hydrogen) atoms. The number of aliphatic hydroxyl groups is 4. The first kappa shape index (κ1) is 26.8. The van der Waals surface area contributed by atoms with Crippen LogP contribution < -0.4 is 10.6 Å². The van der Waals surface area contributed by atoms with Gasteiger partial charge in [-0.3, -0.25) is 4.79 Å². The first-order valence-corrected chi connectivity index (χ1v) is 13.6. The lowest BCUT2D eigenvalue weighted by Gasteiger charge is -2.44. The van der Waals surface area contributed by atoms with Gasteiger partial charge in [-0.05, 0) is 39.4 Å². The van der Waals surface area contributed by atoms with Crippen LogP contribution in [0, 0.1) is 5.92 Å². The van der Waals surface area contributed by atoms with E-state index in [0.717, 1.165) is 12.8 Å². The van der Waals surface area contributed by atoms with Crippen LogP contribution in [-0.4, -0.2) is 117 Å². The molecule has 4 rings (SSSR count). The number of alkyl halides is 1. The zero-order chi connectivity index (χ0) is 24.8. The van der Waals surface area contributed by atoms with Crippen molar-refractivity contribution in [3.8, 4) is 0 Å². The van der Waals surface area contributed by atoms with E-state index in [2.05, 4.69) is 10.6 Å². The zero-order valence-corrected chi connectivity index (χ0v) is 21.2. The van der Waals surface area contributed by atoms with E-state index in [0.29, 0.717) is 13.0 Å². The van der Waals surface area contributed by atoms with Crippen LogP contribution in [0.4, 0.5) is 0 Å². The van der Waals surface area contributed by atoms with Gasteiger partial charge in [0.2, 0.25) is 5.91 Å². The van der Waals surface area contributed by atoms with Gasteiger partial charge in [0.15, 0.2) is 0 Å². The Balaban J connectivity index is 1.42. The highest BCUT2D eigenvalue weighted by Gasteiger charge is 2.51. The summed E-state index contributed by atoms with van der Waals surface area (Å²) in [5.41, 5.74) is -0.968. The molecule has 10 nitrogen and oxygen atoms in total. The van der Waals surface area contributed by atoms with Crippen molar-refractivity contribution in [1.82, 2.24) is 10.6 Å². The number of hydrogen-bond acceptors (Lipinski definition) is 10. The molecule has 3 unspecified atom stereocenters. The van der Waals surface area contributed by atoms with Crippen LogP contribution in [0.5, 0.6) is 0 Å². The van der Waals surface area contributed by atoms with Gasteiger partial charge in [-0.25, -0.2) is 0 Å². The van der Waals surface area contributed by atoms with Crippen LogP contribution in [0.2, 0.25) is 0 Å². The Bertz CT molecular complexity index is 729. The summed E-state index contributed by atoms with van der Waals surface area (Å²) in [4.78, 5) is 13.3. The van der Waals surface area contributed by atoms with Gasteiger partial charge in [0.1, 0.15) is 42.0 Å². The molecule has 4 fully saturated rings. The Morgan fingerprint density at radius 3 is 2.56 bits per heavy atom. The van der Waals surface area contributed by atoms with Crippen LogP contribution in [0.25, 0.3) is 0 Å². The predicted molar refractivity (Wildman–Crippen MR) is 126 cm³/mol. The van der Waals surface area contributed by atoms with Crippen molar-refractivity contribution in [3.63, 3.8) is 0 Å². The molecule has 1 saturated carbocycles. The number of thioether (sulfide) groups is 1. The molecule has 0 aromatic heterocycles. The van der Waals surface area contributed by atoms with Crippen LogP contribution >= 0.6 is 23.4 Å². The lowest BCUT2D eigenvalue weighted by molar-refractivity contribution is -0.205. The third-order valence-electron chi connectivity index (χ3n) is 7.49. The number of hydrogen-bond donors (Lipinski definition) is 6. The molecule has 0 aromatic rings. The fourth-order valence-corrected chi connectivity index (χ4v) is 5.99. The highest BCUT2D eigenvalue weighted by Crippen LogP contribution is 2.41. The Morgan fingerprint density at radius 2 is 1.94 bits per heavy atom. The quantitative estimate of drug-likeness (QED) is 0.228. The number of rotatable bonds is 7. The van der Waals surface area contributed by atoms with E-state index in [1.165, 1.54) is 11.8 Å². The summed E-state index contributed by atoms with van der Waals surface area (Å²) < 4.78 is 18.0. The maximum absolute atomic E-state index is 13.3. The van der Waals surface area contributed by atoms with Crippen molar-refractivity contribution >= 4 is 29.3 Å². The van der Waals surface area contributed by atoms with E-state index in [1.807, 2.05) is 6.92 Å². The minimum absolute atomic E-state index is 0.0624. The van der Waals surface area contributed by atoms with Crippen LogP contribution in [0.1, 0.15) is 33.1 Å². The summed E-state index contributed by atoms with van der Waals surface area (Å²) in [6.45, 7) is 4.39. The zero-order valence-electron chi connectivity index (χ0n) is 19.7. The van der Waals surface area contributed by atoms with Gasteiger partial charge in [0.05, 0.1) is 35.8 Å². The second-order valence-corrected chi connectivity index (χ2v) is 11.9. The summed E-state index contributed by atoms with van der Waals surface area (Å²) in [6.07, 6.45) is -2.60. The average molecular weight is 525 g/mol. The van der Waals surface area contributed by atoms with Gasteiger partial charge in [-0.1, -0.05) is 0 Å². The maximum Gasteiger partial charge on any atom is 0.240 e. The van der Waals surface area contributed by atoms with Crippen LogP contribution in [-0.2, 0) is 19.0 Å². The molecule has 0 spiro atoms. The normalized spacial score (nSPS) is 45.6. The summed E-state index contributed by atoms with van der Waals surface area (Å²) in [6, 6.07) is -1.51. The Morgan fingerprint density at radius 1 is 1.24 bits per heavy atom. The standard InChI is InChI=1S/C22H37ClN2O8S/c1-9(23)13(19-16(28)15(27)17(29)21(32-19)34-3)25-20(30)14-18-10(7-24-14)6-11(26)12(8-31-18)33-22(2)4-5-22/h9-19,21,24,26-29H,4-8H2,1-3H3,(H,25,30)/t9-,10-,11+,12-,13+,14-,15?,16?,17+,18+,19+,21?/m0/s1. The first-order chi connectivity index (χ1) is 16.0. The van der Waals surface area contributed by atoms with Gasteiger partial charge in [0, 0.05) is 12.5 Å². The largest absolute Gasteiger partial charge is 0.390 e. The second kappa shape index (κ2) is 10.6. The molecular weight excluding hydrogens is 488 g/mol. The van der Waals surface area contributed by atoms with Crippen LogP contribution in [0.3, 0.4) is 0 Å². The predicted octanol–water partition coefficient (Wildman–Crippen LogP) is -1.06. The van der Waals surface area contributed by atoms with E-state index in [9.17, 15) is 25.2 Å². The number of carbonyl (C=O) groups excluding carboxylic acids is 1. The van der Waals surface area contributed by atoms with Crippen molar-refractivity contribution in [2.75, 3.05) is 19.4 Å². The molecule has 6 N–H and O–H groups in total. The summed E-state index contributed by atoms with van der Waals surface area (Å²) >= 11 is 7.57. The van der Waals surface area contributed by atoms with Gasteiger partial charge < -0.3 is 45.3 Å². The SMILES string of the molecule is CSC1O[C@H]([C@H](NC(=O)[C@H]2NC[C@@H]3C[C@@H](O)[C@@H](OC4(C)CC4)CO[C@H]32)[C@H](C)Cl)C(O)C(O)[C@H]1O. The minimum atomic E-state index is -1.43. The summed E-state index contributed by atoms with van der Waals surface area (Å²) in [5.74, 6) is -0.433. The first-order valence-electron chi connectivity index (χ1n) is 11.9. The fourth-order valence-electron chi connectivity index (χ4n) is 5.10. The van der Waals surface area contributed by atoms with E-state index >= 15 is 0 Å². The third-order valence-corrected chi connectivity index (χ3v) is 8.61. The number of aliphatic hydroxyl groups excluding tert-OH is 4. The molecule has 196 valence electrons. The molecule has 12 atom stereocenters. The molecule has 0 radical (unpaired) electrons. The third kappa shape index (κ3) is 5.53. The number of halogens is 1. The second-order valence-electron chi connectivity index (χ2n) is 10.2. The van der Waals surface area contributed by atoms with Gasteiger partial charge in [0.25, 0.3) is 0 Å². The lowest BCUT2D eigenvalue weighted by Crippen LogP contribution is -2.65. The molecule has 4 aliphatic rings. The molecule has 0 aromatic carbocycles. The Hall–Kier alpha value is -0.210. The van der Waals surface area contributed by atoms with Gasteiger partial charge in [-0.15, -0.1) is 23.4 Å².